The van der Waals surface area contributed by atoms with Crippen molar-refractivity contribution in [1.29, 1.82) is 0 Å². The lowest BCUT2D eigenvalue weighted by atomic mass is 10.0. The third-order valence-corrected chi connectivity index (χ3v) is 1.57. The predicted molar refractivity (Wildman–Crippen MR) is 45.9 cm³/mol. The lowest BCUT2D eigenvalue weighted by Crippen LogP contribution is -2.43. The van der Waals surface area contributed by atoms with Crippen LogP contribution in [0.2, 0.25) is 0 Å². The first-order valence-electron chi connectivity index (χ1n) is 4.09. The summed E-state index contributed by atoms with van der Waals surface area (Å²) in [6, 6.07) is -0.570. The Hall–Kier alpha value is -0.610. The van der Waals surface area contributed by atoms with Crippen molar-refractivity contribution in [1.82, 2.24) is 5.32 Å². The standard InChI is InChI=1S/C8H17NO3/c1-5(2)7(8(11)12)9-4-6(3)10/h5-7,9-10H,4H2,1-3H3,(H,11,12)/t6-,7-/m0/s1. The first kappa shape index (κ1) is 11.4. The van der Waals surface area contributed by atoms with Crippen LogP contribution in [0, 0.1) is 5.92 Å². The molecule has 4 nitrogen and oxygen atoms in total. The average molecular weight is 175 g/mol. The lowest BCUT2D eigenvalue weighted by molar-refractivity contribution is -0.140. The molecule has 3 N–H and O–H groups in total. The van der Waals surface area contributed by atoms with Gasteiger partial charge in [0.25, 0.3) is 0 Å². The molecule has 0 aromatic carbocycles. The van der Waals surface area contributed by atoms with Gasteiger partial charge < -0.3 is 15.5 Å². The SMILES string of the molecule is CC(C)[C@H](NC[C@H](C)O)C(=O)O. The van der Waals surface area contributed by atoms with Crippen molar-refractivity contribution >= 4 is 5.97 Å². The fraction of sp³-hybridized carbons (Fsp3) is 0.875. The van der Waals surface area contributed by atoms with E-state index in [9.17, 15) is 4.79 Å². The van der Waals surface area contributed by atoms with Gasteiger partial charge in [0.05, 0.1) is 6.10 Å². The van der Waals surface area contributed by atoms with Crippen LogP contribution in [0.5, 0.6) is 0 Å². The highest BCUT2D eigenvalue weighted by Gasteiger charge is 2.20. The predicted octanol–water partition coefficient (Wildman–Crippen LogP) is 0.0660. The lowest BCUT2D eigenvalue weighted by Gasteiger charge is -2.18. The second-order valence-corrected chi connectivity index (χ2v) is 3.32. The first-order chi connectivity index (χ1) is 5.45. The molecular formula is C8H17NO3. The molecule has 12 heavy (non-hydrogen) atoms. The highest BCUT2D eigenvalue weighted by molar-refractivity contribution is 5.73. The van der Waals surface area contributed by atoms with Crippen molar-refractivity contribution in [2.75, 3.05) is 6.54 Å². The van der Waals surface area contributed by atoms with Crippen LogP contribution in [0.4, 0.5) is 0 Å². The number of rotatable bonds is 5. The van der Waals surface area contributed by atoms with Crippen LogP contribution >= 0.6 is 0 Å². The number of carbonyl (C=O) groups is 1. The molecule has 0 bridgehead atoms. The van der Waals surface area contributed by atoms with Crippen LogP contribution in [0.25, 0.3) is 0 Å². The fourth-order valence-corrected chi connectivity index (χ4v) is 0.906. The van der Waals surface area contributed by atoms with E-state index >= 15 is 0 Å². The summed E-state index contributed by atoms with van der Waals surface area (Å²) in [5, 5.41) is 20.4. The molecule has 0 saturated carbocycles. The number of aliphatic hydroxyl groups is 1. The van der Waals surface area contributed by atoms with E-state index in [1.165, 1.54) is 0 Å². The van der Waals surface area contributed by atoms with E-state index in [1.54, 1.807) is 6.92 Å². The van der Waals surface area contributed by atoms with Crippen molar-refractivity contribution in [3.05, 3.63) is 0 Å². The van der Waals surface area contributed by atoms with Crippen molar-refractivity contribution in [3.63, 3.8) is 0 Å². The maximum atomic E-state index is 10.6. The summed E-state index contributed by atoms with van der Waals surface area (Å²) in [5.74, 6) is -0.841. The summed E-state index contributed by atoms with van der Waals surface area (Å²) in [6.45, 7) is 5.59. The normalized spacial score (nSPS) is 16.1. The Morgan fingerprint density at radius 2 is 1.92 bits per heavy atom. The summed E-state index contributed by atoms with van der Waals surface area (Å²) in [4.78, 5) is 10.6. The molecule has 0 radical (unpaired) electrons. The Balaban J connectivity index is 3.88. The molecule has 0 aliphatic carbocycles. The molecule has 2 atom stereocenters. The summed E-state index contributed by atoms with van der Waals surface area (Å²) >= 11 is 0. The van der Waals surface area contributed by atoms with Gasteiger partial charge in [-0.25, -0.2) is 0 Å². The second-order valence-electron chi connectivity index (χ2n) is 3.32. The molecule has 0 fully saturated rings. The van der Waals surface area contributed by atoms with E-state index in [1.807, 2.05) is 13.8 Å². The van der Waals surface area contributed by atoms with Crippen LogP contribution in [-0.2, 0) is 4.79 Å². The van der Waals surface area contributed by atoms with Gasteiger partial charge in [-0.1, -0.05) is 13.8 Å². The monoisotopic (exact) mass is 175 g/mol. The average Bonchev–Trinajstić information content (AvgIpc) is 1.84. The summed E-state index contributed by atoms with van der Waals surface area (Å²) in [7, 11) is 0. The van der Waals surface area contributed by atoms with Gasteiger partial charge in [0, 0.05) is 6.54 Å². The highest BCUT2D eigenvalue weighted by atomic mass is 16.4. The van der Waals surface area contributed by atoms with E-state index in [4.69, 9.17) is 10.2 Å². The van der Waals surface area contributed by atoms with Crippen molar-refractivity contribution in [2.45, 2.75) is 32.9 Å². The fourth-order valence-electron chi connectivity index (χ4n) is 0.906. The molecule has 0 unspecified atom stereocenters. The van der Waals surface area contributed by atoms with Crippen LogP contribution in [0.3, 0.4) is 0 Å². The van der Waals surface area contributed by atoms with E-state index in [0.29, 0.717) is 6.54 Å². The Bertz CT molecular complexity index is 145. The third-order valence-electron chi connectivity index (χ3n) is 1.57. The van der Waals surface area contributed by atoms with E-state index in [0.717, 1.165) is 0 Å². The minimum absolute atomic E-state index is 0.0289. The van der Waals surface area contributed by atoms with E-state index < -0.39 is 18.1 Å². The van der Waals surface area contributed by atoms with Crippen molar-refractivity contribution < 1.29 is 15.0 Å². The van der Waals surface area contributed by atoms with E-state index in [-0.39, 0.29) is 5.92 Å². The van der Waals surface area contributed by atoms with Crippen LogP contribution in [0.1, 0.15) is 20.8 Å². The zero-order valence-electron chi connectivity index (χ0n) is 7.74. The first-order valence-corrected chi connectivity index (χ1v) is 4.09. The molecule has 72 valence electrons. The molecule has 0 rings (SSSR count). The van der Waals surface area contributed by atoms with Gasteiger partial charge in [-0.15, -0.1) is 0 Å². The molecule has 0 aromatic heterocycles. The second kappa shape index (κ2) is 5.11. The van der Waals surface area contributed by atoms with E-state index in [2.05, 4.69) is 5.32 Å². The zero-order chi connectivity index (χ0) is 9.72. The number of hydrogen-bond donors (Lipinski definition) is 3. The third kappa shape index (κ3) is 4.31. The number of carboxylic acid groups (broad SMARTS) is 1. The summed E-state index contributed by atoms with van der Waals surface area (Å²) < 4.78 is 0. The molecular weight excluding hydrogens is 158 g/mol. The molecule has 4 heteroatoms. The Kier molecular flexibility index (Phi) is 4.85. The van der Waals surface area contributed by atoms with Gasteiger partial charge in [-0.3, -0.25) is 4.79 Å². The number of aliphatic hydroxyl groups excluding tert-OH is 1. The number of hydrogen-bond acceptors (Lipinski definition) is 3. The molecule has 0 aromatic rings. The Morgan fingerprint density at radius 1 is 1.42 bits per heavy atom. The molecule has 0 heterocycles. The van der Waals surface area contributed by atoms with Crippen LogP contribution in [-0.4, -0.2) is 34.9 Å². The molecule has 0 saturated heterocycles. The van der Waals surface area contributed by atoms with Gasteiger partial charge >= 0.3 is 5.97 Å². The molecule has 0 amide bonds. The minimum Gasteiger partial charge on any atom is -0.480 e. The largest absolute Gasteiger partial charge is 0.480 e. The zero-order valence-corrected chi connectivity index (χ0v) is 7.74. The van der Waals surface area contributed by atoms with Crippen LogP contribution in [0.15, 0.2) is 0 Å². The van der Waals surface area contributed by atoms with Gasteiger partial charge in [0.2, 0.25) is 0 Å². The molecule has 0 aliphatic rings. The van der Waals surface area contributed by atoms with Gasteiger partial charge in [-0.05, 0) is 12.8 Å². The topological polar surface area (TPSA) is 69.6 Å². The number of aliphatic carboxylic acids is 1. The van der Waals surface area contributed by atoms with Gasteiger partial charge in [0.1, 0.15) is 6.04 Å². The Morgan fingerprint density at radius 3 is 2.17 bits per heavy atom. The Labute approximate surface area is 72.6 Å². The molecule has 0 spiro atoms. The number of nitrogens with one attached hydrogen (secondary N) is 1. The van der Waals surface area contributed by atoms with Crippen molar-refractivity contribution in [2.24, 2.45) is 5.92 Å². The number of carboxylic acids is 1. The summed E-state index contributed by atoms with van der Waals surface area (Å²) in [6.07, 6.45) is -0.509. The molecule has 0 aliphatic heterocycles. The highest BCUT2D eigenvalue weighted by Crippen LogP contribution is 2.01. The quantitative estimate of drug-likeness (QED) is 0.553. The van der Waals surface area contributed by atoms with Crippen LogP contribution < -0.4 is 5.32 Å². The summed E-state index contributed by atoms with van der Waals surface area (Å²) in [5.41, 5.74) is 0. The van der Waals surface area contributed by atoms with Crippen molar-refractivity contribution in [3.8, 4) is 0 Å². The smallest absolute Gasteiger partial charge is 0.320 e. The maximum Gasteiger partial charge on any atom is 0.320 e. The minimum atomic E-state index is -0.870. The van der Waals surface area contributed by atoms with Gasteiger partial charge in [-0.2, -0.15) is 0 Å². The maximum absolute atomic E-state index is 10.6. The van der Waals surface area contributed by atoms with Gasteiger partial charge in [0.15, 0.2) is 0 Å².